The van der Waals surface area contributed by atoms with E-state index in [4.69, 9.17) is 12.2 Å². The first-order valence-electron chi connectivity index (χ1n) is 10.3. The Morgan fingerprint density at radius 1 is 1.07 bits per heavy atom. The van der Waals surface area contributed by atoms with Crippen LogP contribution in [0.15, 0.2) is 60.9 Å². The zero-order valence-electron chi connectivity index (χ0n) is 17.1. The van der Waals surface area contributed by atoms with Gasteiger partial charge in [0.2, 0.25) is 0 Å². The molecule has 5 nitrogen and oxygen atoms in total. The Balaban J connectivity index is 1.86. The number of aromatic nitrogens is 2. The van der Waals surface area contributed by atoms with E-state index in [0.29, 0.717) is 30.1 Å². The molecule has 1 heterocycles. The Morgan fingerprint density at radius 3 is 2.53 bits per heavy atom. The molecule has 156 valence electrons. The van der Waals surface area contributed by atoms with Crippen molar-refractivity contribution in [3.63, 3.8) is 0 Å². The van der Waals surface area contributed by atoms with Crippen molar-refractivity contribution in [3.05, 3.63) is 72.3 Å². The van der Waals surface area contributed by atoms with Crippen molar-refractivity contribution in [1.29, 1.82) is 0 Å². The van der Waals surface area contributed by atoms with Crippen LogP contribution in [0.4, 0.5) is 0 Å². The van der Waals surface area contributed by atoms with Crippen LogP contribution in [0.5, 0.6) is 0 Å². The molecule has 0 amide bonds. The minimum Gasteiger partial charge on any atom is -0.480 e. The fourth-order valence-electron chi connectivity index (χ4n) is 3.60. The summed E-state index contributed by atoms with van der Waals surface area (Å²) in [7, 11) is 0. The maximum absolute atomic E-state index is 11.7. The van der Waals surface area contributed by atoms with Gasteiger partial charge in [-0.05, 0) is 35.2 Å². The highest BCUT2D eigenvalue weighted by Gasteiger charge is 2.24. The maximum Gasteiger partial charge on any atom is 0.326 e. The van der Waals surface area contributed by atoms with Gasteiger partial charge >= 0.3 is 5.97 Å². The minimum atomic E-state index is -0.870. The molecule has 3 rings (SSSR count). The zero-order chi connectivity index (χ0) is 21.3. The molecule has 2 N–H and O–H groups in total. The van der Waals surface area contributed by atoms with Gasteiger partial charge in [0.1, 0.15) is 11.9 Å². The molecule has 2 aromatic carbocycles. The number of fused-ring (bicyclic) bond motifs is 1. The number of aliphatic carboxylic acids is 1. The molecule has 3 aromatic rings. The van der Waals surface area contributed by atoms with Crippen LogP contribution >= 0.6 is 12.2 Å². The van der Waals surface area contributed by atoms with E-state index in [9.17, 15) is 9.90 Å². The fraction of sp³-hybridized carbons (Fsp3) is 0.333. The SMILES string of the molecule is CCCC[C@H](NC(=S)[C@H](Cc1ncccn1)Cc1cccc2ccccc12)C(=O)O. The molecule has 0 spiro atoms. The molecule has 0 saturated carbocycles. The van der Waals surface area contributed by atoms with Gasteiger partial charge in [-0.2, -0.15) is 0 Å². The quantitative estimate of drug-likeness (QED) is 0.466. The molecule has 0 saturated heterocycles. The lowest BCUT2D eigenvalue weighted by Crippen LogP contribution is -2.43. The molecule has 0 unspecified atom stereocenters. The molecule has 0 fully saturated rings. The number of nitrogens with one attached hydrogen (secondary N) is 1. The Kier molecular flexibility index (Phi) is 7.85. The van der Waals surface area contributed by atoms with Gasteiger partial charge in [-0.15, -0.1) is 0 Å². The predicted octanol–water partition coefficient (Wildman–Crippen LogP) is 4.59. The highest BCUT2D eigenvalue weighted by molar-refractivity contribution is 7.80. The summed E-state index contributed by atoms with van der Waals surface area (Å²) in [5, 5.41) is 15.1. The van der Waals surface area contributed by atoms with Gasteiger partial charge in [-0.1, -0.05) is 74.4 Å². The highest BCUT2D eigenvalue weighted by Crippen LogP contribution is 2.23. The summed E-state index contributed by atoms with van der Waals surface area (Å²) < 4.78 is 0. The number of nitrogens with zero attached hydrogens (tertiary/aromatic N) is 2. The largest absolute Gasteiger partial charge is 0.480 e. The Labute approximate surface area is 182 Å². The number of carboxylic acid groups (broad SMARTS) is 1. The van der Waals surface area contributed by atoms with Gasteiger partial charge in [0.15, 0.2) is 0 Å². The molecule has 30 heavy (non-hydrogen) atoms. The van der Waals surface area contributed by atoms with Gasteiger partial charge in [0.05, 0.1) is 4.99 Å². The summed E-state index contributed by atoms with van der Waals surface area (Å²) >= 11 is 5.71. The van der Waals surface area contributed by atoms with E-state index in [1.54, 1.807) is 18.5 Å². The van der Waals surface area contributed by atoms with E-state index in [1.807, 2.05) is 25.1 Å². The summed E-state index contributed by atoms with van der Waals surface area (Å²) in [6.07, 6.45) is 7.00. The lowest BCUT2D eigenvalue weighted by Gasteiger charge is -2.23. The van der Waals surface area contributed by atoms with Crippen LogP contribution in [-0.2, 0) is 17.6 Å². The number of unbranched alkanes of at least 4 members (excludes halogenated alkanes) is 1. The van der Waals surface area contributed by atoms with E-state index in [-0.39, 0.29) is 5.92 Å². The van der Waals surface area contributed by atoms with Crippen molar-refractivity contribution in [1.82, 2.24) is 15.3 Å². The van der Waals surface area contributed by atoms with E-state index < -0.39 is 12.0 Å². The second-order valence-corrected chi connectivity index (χ2v) is 7.89. The van der Waals surface area contributed by atoms with Gasteiger partial charge in [0, 0.05) is 24.7 Å². The summed E-state index contributed by atoms with van der Waals surface area (Å²) in [5.74, 6) is -0.269. The molecule has 0 bridgehead atoms. The summed E-state index contributed by atoms with van der Waals surface area (Å²) in [5.41, 5.74) is 1.18. The van der Waals surface area contributed by atoms with Crippen molar-refractivity contribution in [2.45, 2.75) is 45.1 Å². The number of benzene rings is 2. The molecule has 6 heteroatoms. The van der Waals surface area contributed by atoms with Crippen LogP contribution in [0.2, 0.25) is 0 Å². The van der Waals surface area contributed by atoms with Gasteiger partial charge in [0.25, 0.3) is 0 Å². The Bertz CT molecular complexity index is 989. The number of carboxylic acids is 1. The molecule has 0 aliphatic heterocycles. The van der Waals surface area contributed by atoms with Crippen molar-refractivity contribution < 1.29 is 9.90 Å². The van der Waals surface area contributed by atoms with E-state index in [0.717, 1.165) is 12.8 Å². The van der Waals surface area contributed by atoms with Crippen molar-refractivity contribution >= 4 is 33.9 Å². The predicted molar refractivity (Wildman–Crippen MR) is 124 cm³/mol. The second kappa shape index (κ2) is 10.8. The summed E-state index contributed by atoms with van der Waals surface area (Å²) in [6, 6.07) is 15.6. The molecule has 2 atom stereocenters. The molecule has 1 aromatic heterocycles. The molecule has 0 aliphatic rings. The van der Waals surface area contributed by atoms with Gasteiger partial charge in [-0.25, -0.2) is 14.8 Å². The number of thiocarbonyl (C=S) groups is 1. The van der Waals surface area contributed by atoms with Crippen molar-refractivity contribution in [2.75, 3.05) is 0 Å². The third-order valence-electron chi connectivity index (χ3n) is 5.23. The van der Waals surface area contributed by atoms with Crippen LogP contribution in [0.3, 0.4) is 0 Å². The standard InChI is InChI=1S/C24H27N3O2S/c1-2-3-12-21(24(28)29)27-23(30)19(16-22-25-13-7-14-26-22)15-18-10-6-9-17-8-4-5-11-20(17)18/h4-11,13-14,19,21H,2-3,12,15-16H2,1H3,(H,27,30)(H,28,29)/t19-,21-/m0/s1. The first-order valence-corrected chi connectivity index (χ1v) is 10.7. The third kappa shape index (κ3) is 5.83. The lowest BCUT2D eigenvalue weighted by atomic mass is 9.92. The number of hydrogen-bond donors (Lipinski definition) is 2. The molecule has 0 radical (unpaired) electrons. The lowest BCUT2D eigenvalue weighted by molar-refractivity contribution is -0.139. The maximum atomic E-state index is 11.7. The average Bonchev–Trinajstić information content (AvgIpc) is 2.76. The number of hydrogen-bond acceptors (Lipinski definition) is 4. The summed E-state index contributed by atoms with van der Waals surface area (Å²) in [6.45, 7) is 2.05. The van der Waals surface area contributed by atoms with Gasteiger partial charge in [-0.3, -0.25) is 0 Å². The highest BCUT2D eigenvalue weighted by atomic mass is 32.1. The topological polar surface area (TPSA) is 75.1 Å². The van der Waals surface area contributed by atoms with Gasteiger partial charge < -0.3 is 10.4 Å². The fourth-order valence-corrected chi connectivity index (χ4v) is 3.91. The average molecular weight is 422 g/mol. The van der Waals surface area contributed by atoms with E-state index >= 15 is 0 Å². The molecular weight excluding hydrogens is 394 g/mol. The number of rotatable bonds is 10. The molecule has 0 aliphatic carbocycles. The van der Waals surface area contributed by atoms with E-state index in [2.05, 4.69) is 39.6 Å². The van der Waals surface area contributed by atoms with Crippen molar-refractivity contribution in [3.8, 4) is 0 Å². The normalized spacial score (nSPS) is 13.0. The smallest absolute Gasteiger partial charge is 0.326 e. The molecular formula is C24H27N3O2S. The van der Waals surface area contributed by atoms with Crippen LogP contribution < -0.4 is 5.32 Å². The first kappa shape index (κ1) is 21.8. The Morgan fingerprint density at radius 2 is 1.80 bits per heavy atom. The first-order chi connectivity index (χ1) is 14.6. The van der Waals surface area contributed by atoms with Crippen LogP contribution in [0, 0.1) is 5.92 Å². The van der Waals surface area contributed by atoms with Crippen LogP contribution in [-0.4, -0.2) is 32.1 Å². The zero-order valence-corrected chi connectivity index (χ0v) is 17.9. The van der Waals surface area contributed by atoms with Crippen LogP contribution in [0.25, 0.3) is 10.8 Å². The summed E-state index contributed by atoms with van der Waals surface area (Å²) in [4.78, 5) is 21.0. The van der Waals surface area contributed by atoms with Crippen molar-refractivity contribution in [2.24, 2.45) is 5.92 Å². The monoisotopic (exact) mass is 421 g/mol. The minimum absolute atomic E-state index is 0.100. The third-order valence-corrected chi connectivity index (χ3v) is 5.68. The van der Waals surface area contributed by atoms with E-state index in [1.165, 1.54) is 16.3 Å². The number of carbonyl (C=O) groups is 1. The second-order valence-electron chi connectivity index (χ2n) is 7.45. The Hall–Kier alpha value is -2.86. The van der Waals surface area contributed by atoms with Crippen LogP contribution in [0.1, 0.15) is 37.6 Å².